The van der Waals surface area contributed by atoms with Crippen LogP contribution in [-0.4, -0.2) is 40.6 Å². The number of carbonyl (C=O) groups excluding carboxylic acids is 1. The third-order valence-electron chi connectivity index (χ3n) is 5.61. The van der Waals surface area contributed by atoms with Crippen molar-refractivity contribution >= 4 is 18.3 Å². The molecule has 1 aromatic rings. The largest absolute Gasteiger partial charge is 0.343 e. The molecule has 136 valence electrons. The van der Waals surface area contributed by atoms with E-state index in [4.69, 9.17) is 10.3 Å². The average Bonchev–Trinajstić information content (AvgIpc) is 3.02. The van der Waals surface area contributed by atoms with Crippen molar-refractivity contribution in [3.8, 4) is 0 Å². The third-order valence-corrected chi connectivity index (χ3v) is 5.61. The van der Waals surface area contributed by atoms with Crippen LogP contribution in [0.1, 0.15) is 69.0 Å². The van der Waals surface area contributed by atoms with Crippen LogP contribution < -0.4 is 5.73 Å². The van der Waals surface area contributed by atoms with Crippen LogP contribution in [0.5, 0.6) is 0 Å². The summed E-state index contributed by atoms with van der Waals surface area (Å²) in [6.07, 6.45) is 8.34. The highest BCUT2D eigenvalue weighted by molar-refractivity contribution is 5.85. The Morgan fingerprint density at radius 3 is 2.50 bits per heavy atom. The van der Waals surface area contributed by atoms with Gasteiger partial charge in [0, 0.05) is 25.4 Å². The second-order valence-corrected chi connectivity index (χ2v) is 7.28. The molecule has 0 radical (unpaired) electrons. The van der Waals surface area contributed by atoms with E-state index in [2.05, 4.69) is 10.1 Å². The van der Waals surface area contributed by atoms with E-state index in [1.165, 1.54) is 19.3 Å². The number of piperidine rings is 1. The Morgan fingerprint density at radius 1 is 1.29 bits per heavy atom. The Bertz CT molecular complexity index is 534. The molecule has 1 aromatic heterocycles. The fourth-order valence-corrected chi connectivity index (χ4v) is 4.04. The number of aromatic nitrogens is 2. The zero-order chi connectivity index (χ0) is 16.3. The van der Waals surface area contributed by atoms with Crippen LogP contribution in [0, 0.1) is 12.3 Å². The molecule has 3 rings (SSSR count). The zero-order valence-electron chi connectivity index (χ0n) is 14.5. The molecule has 1 saturated carbocycles. The van der Waals surface area contributed by atoms with E-state index in [1.807, 2.05) is 11.8 Å². The minimum Gasteiger partial charge on any atom is -0.343 e. The lowest BCUT2D eigenvalue weighted by atomic mass is 9.71. The summed E-state index contributed by atoms with van der Waals surface area (Å²) in [5.74, 6) is 1.97. The highest BCUT2D eigenvalue weighted by atomic mass is 35.5. The molecule has 1 amide bonds. The van der Waals surface area contributed by atoms with Gasteiger partial charge in [-0.15, -0.1) is 12.4 Å². The van der Waals surface area contributed by atoms with E-state index in [1.54, 1.807) is 0 Å². The minimum absolute atomic E-state index is 0. The second kappa shape index (κ2) is 8.30. The Morgan fingerprint density at radius 2 is 1.96 bits per heavy atom. The summed E-state index contributed by atoms with van der Waals surface area (Å²) in [6, 6.07) is 0. The maximum atomic E-state index is 12.7. The molecular formula is C17H29ClN4O2. The van der Waals surface area contributed by atoms with Crippen LogP contribution in [0.3, 0.4) is 0 Å². The maximum Gasteiger partial charge on any atom is 0.229 e. The van der Waals surface area contributed by atoms with Gasteiger partial charge in [-0.25, -0.2) is 0 Å². The molecule has 0 bridgehead atoms. The zero-order valence-corrected chi connectivity index (χ0v) is 15.3. The molecule has 2 heterocycles. The van der Waals surface area contributed by atoms with Crippen molar-refractivity contribution in [3.05, 3.63) is 11.7 Å². The summed E-state index contributed by atoms with van der Waals surface area (Å²) >= 11 is 0. The quantitative estimate of drug-likeness (QED) is 0.896. The average molecular weight is 357 g/mol. The molecule has 1 aliphatic carbocycles. The number of nitrogens with two attached hydrogens (primary N) is 1. The number of hydrogen-bond acceptors (Lipinski definition) is 5. The first-order valence-electron chi connectivity index (χ1n) is 8.90. The van der Waals surface area contributed by atoms with Gasteiger partial charge in [0.25, 0.3) is 0 Å². The lowest BCUT2D eigenvalue weighted by molar-refractivity contribution is -0.135. The van der Waals surface area contributed by atoms with Gasteiger partial charge in [0.05, 0.1) is 0 Å². The molecule has 1 saturated heterocycles. The van der Waals surface area contributed by atoms with E-state index in [0.29, 0.717) is 24.7 Å². The van der Waals surface area contributed by atoms with E-state index in [9.17, 15) is 4.79 Å². The minimum atomic E-state index is 0. The molecule has 0 spiro atoms. The van der Waals surface area contributed by atoms with Crippen LogP contribution in [0.15, 0.2) is 4.52 Å². The first kappa shape index (κ1) is 19.2. The summed E-state index contributed by atoms with van der Waals surface area (Å²) in [6.45, 7) is 4.04. The highest BCUT2D eigenvalue weighted by Crippen LogP contribution is 2.39. The van der Waals surface area contributed by atoms with Crippen molar-refractivity contribution < 1.29 is 9.32 Å². The van der Waals surface area contributed by atoms with Gasteiger partial charge < -0.3 is 15.2 Å². The van der Waals surface area contributed by atoms with Crippen molar-refractivity contribution in [1.82, 2.24) is 15.0 Å². The van der Waals surface area contributed by atoms with Crippen LogP contribution >= 0.6 is 12.4 Å². The Kier molecular flexibility index (Phi) is 6.63. The van der Waals surface area contributed by atoms with E-state index >= 15 is 0 Å². The molecule has 2 N–H and O–H groups in total. The molecule has 0 unspecified atom stereocenters. The van der Waals surface area contributed by atoms with Crippen LogP contribution in [0.4, 0.5) is 0 Å². The molecule has 0 aromatic carbocycles. The molecule has 2 fully saturated rings. The van der Waals surface area contributed by atoms with Gasteiger partial charge in [-0.2, -0.15) is 4.98 Å². The van der Waals surface area contributed by atoms with Crippen LogP contribution in [0.2, 0.25) is 0 Å². The standard InChI is InChI=1S/C17H28N4O2.ClH/c1-13-19-16(23-20-13)14-5-9-21(10-6-14)15(22)11-17(12-18)7-3-2-4-8-17;/h14H,2-12,18H2,1H3;1H. The molecular weight excluding hydrogens is 328 g/mol. The van der Waals surface area contributed by atoms with Crippen molar-refractivity contribution in [2.75, 3.05) is 19.6 Å². The molecule has 6 nitrogen and oxygen atoms in total. The predicted octanol–water partition coefficient (Wildman–Crippen LogP) is 2.81. The van der Waals surface area contributed by atoms with Gasteiger partial charge in [-0.1, -0.05) is 24.4 Å². The highest BCUT2D eigenvalue weighted by Gasteiger charge is 2.35. The van der Waals surface area contributed by atoms with Gasteiger partial charge in [-0.05, 0) is 44.6 Å². The van der Waals surface area contributed by atoms with Crippen LogP contribution in [0.25, 0.3) is 0 Å². The van der Waals surface area contributed by atoms with E-state index in [-0.39, 0.29) is 23.7 Å². The molecule has 0 atom stereocenters. The van der Waals surface area contributed by atoms with E-state index < -0.39 is 0 Å². The number of rotatable bonds is 4. The van der Waals surface area contributed by atoms with Crippen molar-refractivity contribution in [3.63, 3.8) is 0 Å². The third kappa shape index (κ3) is 4.28. The topological polar surface area (TPSA) is 85.2 Å². The SMILES string of the molecule is Cc1noc(C2CCN(C(=O)CC3(CN)CCCCC3)CC2)n1.Cl. The summed E-state index contributed by atoms with van der Waals surface area (Å²) in [7, 11) is 0. The second-order valence-electron chi connectivity index (χ2n) is 7.28. The first-order chi connectivity index (χ1) is 11.1. The summed E-state index contributed by atoms with van der Waals surface area (Å²) in [4.78, 5) is 19.0. The van der Waals surface area contributed by atoms with Gasteiger partial charge >= 0.3 is 0 Å². The summed E-state index contributed by atoms with van der Waals surface area (Å²) in [5.41, 5.74) is 6.07. The fraction of sp³-hybridized carbons (Fsp3) is 0.824. The predicted molar refractivity (Wildman–Crippen MR) is 94.0 cm³/mol. The number of aryl methyl sites for hydroxylation is 1. The van der Waals surface area contributed by atoms with Gasteiger partial charge in [-0.3, -0.25) is 4.79 Å². The summed E-state index contributed by atoms with van der Waals surface area (Å²) in [5, 5.41) is 3.86. The van der Waals surface area contributed by atoms with Crippen LogP contribution in [-0.2, 0) is 4.79 Å². The summed E-state index contributed by atoms with van der Waals surface area (Å²) < 4.78 is 5.27. The Hall–Kier alpha value is -1.14. The Balaban J connectivity index is 0.00000208. The van der Waals surface area contributed by atoms with Gasteiger partial charge in [0.1, 0.15) is 0 Å². The van der Waals surface area contributed by atoms with Gasteiger partial charge in [0.15, 0.2) is 5.82 Å². The normalized spacial score (nSPS) is 21.3. The van der Waals surface area contributed by atoms with E-state index in [0.717, 1.165) is 44.7 Å². The fourth-order valence-electron chi connectivity index (χ4n) is 4.04. The number of carbonyl (C=O) groups is 1. The first-order valence-corrected chi connectivity index (χ1v) is 8.90. The number of nitrogens with zero attached hydrogens (tertiary/aromatic N) is 3. The number of amides is 1. The van der Waals surface area contributed by atoms with Gasteiger partial charge in [0.2, 0.25) is 11.8 Å². The molecule has 24 heavy (non-hydrogen) atoms. The Labute approximate surface area is 149 Å². The lowest BCUT2D eigenvalue weighted by Gasteiger charge is -2.38. The molecule has 2 aliphatic rings. The monoisotopic (exact) mass is 356 g/mol. The van der Waals surface area contributed by atoms with Crippen molar-refractivity contribution in [2.24, 2.45) is 11.1 Å². The smallest absolute Gasteiger partial charge is 0.229 e. The maximum absolute atomic E-state index is 12.7. The molecule has 1 aliphatic heterocycles. The number of likely N-dealkylation sites (tertiary alicyclic amines) is 1. The number of hydrogen-bond donors (Lipinski definition) is 1. The van der Waals surface area contributed by atoms with Crippen molar-refractivity contribution in [1.29, 1.82) is 0 Å². The number of halogens is 1. The lowest BCUT2D eigenvalue weighted by Crippen LogP contribution is -2.43. The molecule has 7 heteroatoms. The van der Waals surface area contributed by atoms with Crippen molar-refractivity contribution in [2.45, 2.75) is 64.2 Å².